The molecule has 2 aromatic carbocycles. The van der Waals surface area contributed by atoms with Gasteiger partial charge in [-0.05, 0) is 61.7 Å². The number of benzene rings is 2. The topological polar surface area (TPSA) is 103 Å². The van der Waals surface area contributed by atoms with Crippen molar-refractivity contribution >= 4 is 17.7 Å². The lowest BCUT2D eigenvalue weighted by Gasteiger charge is -2.41. The number of carbonyl (C=O) groups is 2. The highest BCUT2D eigenvalue weighted by Gasteiger charge is 2.41. The van der Waals surface area contributed by atoms with Crippen LogP contribution >= 0.6 is 0 Å². The largest absolute Gasteiger partial charge is 0.465 e. The van der Waals surface area contributed by atoms with Crippen LogP contribution in [0, 0.1) is 0 Å². The van der Waals surface area contributed by atoms with E-state index in [1.807, 2.05) is 24.3 Å². The molecule has 2 atom stereocenters. The smallest absolute Gasteiger partial charge is 0.408 e. The number of pyridine rings is 1. The van der Waals surface area contributed by atoms with E-state index in [0.717, 1.165) is 16.0 Å². The minimum absolute atomic E-state index is 0.497. The van der Waals surface area contributed by atoms with E-state index in [-0.39, 0.29) is 0 Å². The van der Waals surface area contributed by atoms with E-state index >= 15 is 0 Å². The summed E-state index contributed by atoms with van der Waals surface area (Å²) in [4.78, 5) is 30.2. The van der Waals surface area contributed by atoms with Crippen molar-refractivity contribution in [1.82, 2.24) is 9.88 Å². The van der Waals surface area contributed by atoms with Crippen LogP contribution in [0.15, 0.2) is 79.1 Å². The molecule has 0 radical (unpaired) electrons. The van der Waals surface area contributed by atoms with Crippen molar-refractivity contribution in [3.8, 4) is 11.1 Å². The quantitative estimate of drug-likeness (QED) is 0.529. The lowest BCUT2D eigenvalue weighted by atomic mass is 9.94. The number of carboxylic acid groups (broad SMARTS) is 1. The van der Waals surface area contributed by atoms with Gasteiger partial charge in [0.15, 0.2) is 6.10 Å². The molecule has 3 rings (SSSR count). The molecule has 0 bridgehead atoms. The predicted molar refractivity (Wildman–Crippen MR) is 123 cm³/mol. The van der Waals surface area contributed by atoms with Crippen LogP contribution in [-0.4, -0.2) is 43.7 Å². The van der Waals surface area contributed by atoms with Gasteiger partial charge in [-0.25, -0.2) is 4.79 Å². The van der Waals surface area contributed by atoms with Gasteiger partial charge in [-0.3, -0.25) is 14.7 Å². The molecule has 1 heterocycles. The summed E-state index contributed by atoms with van der Waals surface area (Å²) < 4.78 is 0. The van der Waals surface area contributed by atoms with Gasteiger partial charge >= 0.3 is 6.09 Å². The number of nitrogens with one attached hydrogen (secondary N) is 1. The molecule has 0 saturated carbocycles. The van der Waals surface area contributed by atoms with Crippen molar-refractivity contribution in [3.63, 3.8) is 0 Å². The van der Waals surface area contributed by atoms with Crippen LogP contribution in [0.5, 0.6) is 0 Å². The molecular formula is C25H27N3O4. The van der Waals surface area contributed by atoms with Gasteiger partial charge in [-0.1, -0.05) is 42.5 Å². The van der Waals surface area contributed by atoms with Gasteiger partial charge in [0.25, 0.3) is 5.91 Å². The van der Waals surface area contributed by atoms with E-state index in [4.69, 9.17) is 0 Å². The summed E-state index contributed by atoms with van der Waals surface area (Å²) in [6.07, 6.45) is 0.566. The molecule has 0 saturated heterocycles. The van der Waals surface area contributed by atoms with Crippen molar-refractivity contribution in [2.45, 2.75) is 38.5 Å². The third-order valence-corrected chi connectivity index (χ3v) is 5.08. The Morgan fingerprint density at radius 1 is 0.906 bits per heavy atom. The molecule has 2 amide bonds. The number of nitrogens with zero attached hydrogens (tertiary/aromatic N) is 2. The molecule has 0 aliphatic heterocycles. The third-order valence-electron chi connectivity index (χ3n) is 5.08. The maximum atomic E-state index is 12.9. The average Bonchev–Trinajstić information content (AvgIpc) is 2.77. The molecule has 7 heteroatoms. The number of aliphatic hydroxyl groups excluding tert-OH is 1. The Balaban J connectivity index is 1.85. The Morgan fingerprint density at radius 2 is 1.47 bits per heavy atom. The molecule has 166 valence electrons. The van der Waals surface area contributed by atoms with Crippen molar-refractivity contribution in [2.75, 3.05) is 5.32 Å². The number of hydrogen-bond donors (Lipinski definition) is 3. The molecule has 0 aliphatic carbocycles. The molecule has 0 fully saturated rings. The molecule has 32 heavy (non-hydrogen) atoms. The van der Waals surface area contributed by atoms with E-state index in [1.165, 1.54) is 0 Å². The summed E-state index contributed by atoms with van der Waals surface area (Å²) in [5.74, 6) is -0.689. The number of carbonyl (C=O) groups excluding carboxylic acids is 1. The van der Waals surface area contributed by atoms with Crippen LogP contribution in [-0.2, 0) is 4.79 Å². The Hall–Kier alpha value is -3.71. The highest BCUT2D eigenvalue weighted by atomic mass is 16.4. The minimum atomic E-state index is -1.62. The normalized spacial score (nSPS) is 13.1. The highest BCUT2D eigenvalue weighted by Crippen LogP contribution is 2.32. The van der Waals surface area contributed by atoms with Crippen LogP contribution in [0.4, 0.5) is 10.5 Å². The summed E-state index contributed by atoms with van der Waals surface area (Å²) in [6.45, 7) is 5.17. The first-order valence-corrected chi connectivity index (χ1v) is 10.2. The van der Waals surface area contributed by atoms with E-state index in [9.17, 15) is 19.8 Å². The number of aliphatic hydroxyl groups is 1. The predicted octanol–water partition coefficient (Wildman–Crippen LogP) is 4.57. The fourth-order valence-corrected chi connectivity index (χ4v) is 3.60. The minimum Gasteiger partial charge on any atom is -0.465 e. The second kappa shape index (κ2) is 9.62. The van der Waals surface area contributed by atoms with Crippen molar-refractivity contribution < 1.29 is 19.8 Å². The van der Waals surface area contributed by atoms with Gasteiger partial charge in [0.1, 0.15) is 0 Å². The molecule has 3 aromatic rings. The van der Waals surface area contributed by atoms with Crippen LogP contribution in [0.25, 0.3) is 11.1 Å². The van der Waals surface area contributed by atoms with Crippen LogP contribution < -0.4 is 5.32 Å². The Morgan fingerprint density at radius 3 is 2.00 bits per heavy atom. The monoisotopic (exact) mass is 433 g/mol. The van der Waals surface area contributed by atoms with Crippen molar-refractivity contribution in [3.05, 3.63) is 84.7 Å². The second-order valence-electron chi connectivity index (χ2n) is 8.43. The first-order chi connectivity index (χ1) is 15.2. The molecule has 7 nitrogen and oxygen atoms in total. The lowest BCUT2D eigenvalue weighted by molar-refractivity contribution is -0.128. The summed E-state index contributed by atoms with van der Waals surface area (Å²) >= 11 is 0. The fraction of sp³-hybridized carbons (Fsp3) is 0.240. The maximum Gasteiger partial charge on any atom is 0.408 e. The number of rotatable bonds is 6. The van der Waals surface area contributed by atoms with Crippen molar-refractivity contribution in [1.29, 1.82) is 0 Å². The first-order valence-electron chi connectivity index (χ1n) is 10.2. The van der Waals surface area contributed by atoms with Crippen LogP contribution in [0.3, 0.4) is 0 Å². The molecule has 3 N–H and O–H groups in total. The maximum absolute atomic E-state index is 12.9. The van der Waals surface area contributed by atoms with Gasteiger partial charge < -0.3 is 15.5 Å². The van der Waals surface area contributed by atoms with Crippen LogP contribution in [0.1, 0.15) is 32.4 Å². The Bertz CT molecular complexity index is 1050. The number of aromatic nitrogens is 1. The van der Waals surface area contributed by atoms with E-state index in [2.05, 4.69) is 10.3 Å². The van der Waals surface area contributed by atoms with E-state index in [0.29, 0.717) is 11.3 Å². The van der Waals surface area contributed by atoms with Gasteiger partial charge in [0.05, 0.1) is 6.04 Å². The number of anilines is 1. The second-order valence-corrected chi connectivity index (χ2v) is 8.43. The summed E-state index contributed by atoms with van der Waals surface area (Å²) in [5.41, 5.74) is 2.12. The van der Waals surface area contributed by atoms with Gasteiger partial charge in [-0.15, -0.1) is 0 Å². The Labute approximate surface area is 187 Å². The summed E-state index contributed by atoms with van der Waals surface area (Å²) in [6, 6.07) is 18.5. The molecule has 0 unspecified atom stereocenters. The molecule has 1 aromatic heterocycles. The van der Waals surface area contributed by atoms with E-state index in [1.54, 1.807) is 75.6 Å². The number of amides is 2. The Kier molecular flexibility index (Phi) is 6.90. The number of hydrogen-bond acceptors (Lipinski definition) is 4. The van der Waals surface area contributed by atoms with Crippen molar-refractivity contribution in [2.24, 2.45) is 0 Å². The lowest BCUT2D eigenvalue weighted by Crippen LogP contribution is -2.53. The van der Waals surface area contributed by atoms with E-state index < -0.39 is 29.7 Å². The third kappa shape index (κ3) is 5.31. The average molecular weight is 434 g/mol. The SMILES string of the molecule is CC(C)(C)N(C(=O)O)[C@@H](c1ccccc1)[C@@H](O)C(=O)Nc1ccc(-c2ccncc2)cc1. The zero-order chi connectivity index (χ0) is 23.3. The molecular weight excluding hydrogens is 406 g/mol. The van der Waals surface area contributed by atoms with Gasteiger partial charge in [0, 0.05) is 23.6 Å². The standard InChI is InChI=1S/C25H27N3O4/c1-25(2,3)28(24(31)32)21(19-7-5-4-6-8-19)22(29)23(30)27-20-11-9-17(10-12-20)18-13-15-26-16-14-18/h4-16,21-22,29H,1-3H3,(H,27,30)(H,31,32)/t21-,22+/m0/s1. The highest BCUT2D eigenvalue weighted by molar-refractivity contribution is 5.95. The zero-order valence-electron chi connectivity index (χ0n) is 18.3. The van der Waals surface area contributed by atoms with Gasteiger partial charge in [0.2, 0.25) is 0 Å². The fourth-order valence-electron chi connectivity index (χ4n) is 3.60. The summed E-state index contributed by atoms with van der Waals surface area (Å²) in [5, 5.41) is 23.6. The van der Waals surface area contributed by atoms with Crippen LogP contribution in [0.2, 0.25) is 0 Å². The zero-order valence-corrected chi connectivity index (χ0v) is 18.3. The summed E-state index contributed by atoms with van der Waals surface area (Å²) in [7, 11) is 0. The first kappa shape index (κ1) is 23.0. The van der Waals surface area contributed by atoms with Gasteiger partial charge in [-0.2, -0.15) is 0 Å². The molecule has 0 spiro atoms. The molecule has 0 aliphatic rings.